The molecule has 168 valence electrons. The van der Waals surface area contributed by atoms with Crippen LogP contribution in [-0.4, -0.2) is 23.0 Å². The molecule has 0 aliphatic carbocycles. The molecule has 0 aliphatic rings. The van der Waals surface area contributed by atoms with Crippen molar-refractivity contribution in [3.8, 4) is 0 Å². The van der Waals surface area contributed by atoms with E-state index in [4.69, 9.17) is 0 Å². The summed E-state index contributed by atoms with van der Waals surface area (Å²) < 4.78 is 77.7. The molecule has 10 heteroatoms. The number of carboxylic acid groups (broad SMARTS) is 1. The highest BCUT2D eigenvalue weighted by atomic mass is 19.4. The minimum atomic E-state index is -5.04. The molecular weight excluding hydrogens is 428 g/mol. The smallest absolute Gasteiger partial charge is 0.416 e. The number of hydrogen-bond acceptors (Lipinski definition) is 2. The molecule has 1 atom stereocenters. The highest BCUT2D eigenvalue weighted by Crippen LogP contribution is 2.36. The minimum absolute atomic E-state index is 0.0405. The van der Waals surface area contributed by atoms with Crippen molar-refractivity contribution in [3.63, 3.8) is 0 Å². The molecule has 0 fully saturated rings. The lowest BCUT2D eigenvalue weighted by atomic mass is 10.00. The number of halogens is 6. The van der Waals surface area contributed by atoms with Crippen LogP contribution in [0.5, 0.6) is 0 Å². The van der Waals surface area contributed by atoms with Crippen molar-refractivity contribution in [1.29, 1.82) is 0 Å². The fourth-order valence-corrected chi connectivity index (χ4v) is 2.92. The van der Waals surface area contributed by atoms with E-state index in [0.29, 0.717) is 17.7 Å². The first-order chi connectivity index (χ1) is 14.2. The van der Waals surface area contributed by atoms with Gasteiger partial charge < -0.3 is 10.4 Å². The van der Waals surface area contributed by atoms with E-state index in [1.807, 2.05) is 13.8 Å². The SMILES string of the molecule is Cc1ccc(C[C@@H](NC(=O)Cc2cc(C(F)(F)F)cc(C(F)(F)F)c2)C(=O)O)cc1C. The van der Waals surface area contributed by atoms with Crippen LogP contribution in [0.4, 0.5) is 26.3 Å². The Morgan fingerprint density at radius 1 is 0.871 bits per heavy atom. The Balaban J connectivity index is 2.22. The summed E-state index contributed by atoms with van der Waals surface area (Å²) in [6.07, 6.45) is -11.0. The van der Waals surface area contributed by atoms with Crippen LogP contribution in [0.2, 0.25) is 0 Å². The molecule has 2 rings (SSSR count). The number of amides is 1. The predicted octanol–water partition coefficient (Wildman–Crippen LogP) is 4.70. The molecule has 1 amide bonds. The number of carbonyl (C=O) groups excluding carboxylic acids is 1. The van der Waals surface area contributed by atoms with E-state index in [-0.39, 0.29) is 12.5 Å². The Labute approximate surface area is 173 Å². The molecule has 0 heterocycles. The zero-order valence-electron chi connectivity index (χ0n) is 16.5. The van der Waals surface area contributed by atoms with Crippen LogP contribution >= 0.6 is 0 Å². The molecular formula is C21H19F6NO3. The van der Waals surface area contributed by atoms with Gasteiger partial charge in [-0.3, -0.25) is 4.79 Å². The predicted molar refractivity (Wildman–Crippen MR) is 99.3 cm³/mol. The van der Waals surface area contributed by atoms with Crippen molar-refractivity contribution in [2.75, 3.05) is 0 Å². The molecule has 2 N–H and O–H groups in total. The van der Waals surface area contributed by atoms with Gasteiger partial charge in [0.25, 0.3) is 0 Å². The van der Waals surface area contributed by atoms with Crippen LogP contribution in [0.25, 0.3) is 0 Å². The lowest BCUT2D eigenvalue weighted by molar-refractivity contribution is -0.143. The molecule has 0 aliphatic heterocycles. The van der Waals surface area contributed by atoms with Gasteiger partial charge in [0, 0.05) is 6.42 Å². The third-order valence-corrected chi connectivity index (χ3v) is 4.66. The van der Waals surface area contributed by atoms with E-state index in [0.717, 1.165) is 11.1 Å². The van der Waals surface area contributed by atoms with Gasteiger partial charge in [-0.15, -0.1) is 0 Å². The molecule has 0 unspecified atom stereocenters. The van der Waals surface area contributed by atoms with Gasteiger partial charge in [-0.1, -0.05) is 18.2 Å². The average molecular weight is 447 g/mol. The van der Waals surface area contributed by atoms with Gasteiger partial charge in [-0.05, 0) is 54.3 Å². The Morgan fingerprint density at radius 2 is 1.42 bits per heavy atom. The zero-order valence-corrected chi connectivity index (χ0v) is 16.5. The van der Waals surface area contributed by atoms with Crippen molar-refractivity contribution in [3.05, 3.63) is 69.8 Å². The maximum atomic E-state index is 12.9. The van der Waals surface area contributed by atoms with Crippen molar-refractivity contribution in [1.82, 2.24) is 5.32 Å². The van der Waals surface area contributed by atoms with E-state index >= 15 is 0 Å². The van der Waals surface area contributed by atoms with Crippen molar-refractivity contribution in [2.24, 2.45) is 0 Å². The Morgan fingerprint density at radius 3 is 1.87 bits per heavy atom. The summed E-state index contributed by atoms with van der Waals surface area (Å²) in [7, 11) is 0. The number of aryl methyl sites for hydroxylation is 2. The Kier molecular flexibility index (Phi) is 7.03. The number of carboxylic acids is 1. The molecule has 4 nitrogen and oxygen atoms in total. The summed E-state index contributed by atoms with van der Waals surface area (Å²) in [5.74, 6) is -2.39. The first kappa shape index (κ1) is 24.2. The first-order valence-electron chi connectivity index (χ1n) is 9.03. The van der Waals surface area contributed by atoms with Crippen molar-refractivity contribution in [2.45, 2.75) is 45.1 Å². The molecule has 0 saturated heterocycles. The summed E-state index contributed by atoms with van der Waals surface area (Å²) in [6.45, 7) is 3.68. The monoisotopic (exact) mass is 447 g/mol. The highest BCUT2D eigenvalue weighted by molar-refractivity contribution is 5.85. The number of benzene rings is 2. The zero-order chi connectivity index (χ0) is 23.6. The summed E-state index contributed by atoms with van der Waals surface area (Å²) in [5, 5.41) is 11.5. The maximum Gasteiger partial charge on any atom is 0.416 e. The normalized spacial score (nSPS) is 13.0. The van der Waals surface area contributed by atoms with Crippen LogP contribution in [0.1, 0.15) is 33.4 Å². The largest absolute Gasteiger partial charge is 0.480 e. The lowest BCUT2D eigenvalue weighted by Gasteiger charge is -2.17. The van der Waals surface area contributed by atoms with Crippen molar-refractivity contribution < 1.29 is 41.0 Å². The van der Waals surface area contributed by atoms with Crippen LogP contribution < -0.4 is 5.32 Å². The van der Waals surface area contributed by atoms with Gasteiger partial charge in [0.1, 0.15) is 6.04 Å². The molecule has 31 heavy (non-hydrogen) atoms. The third kappa shape index (κ3) is 6.73. The van der Waals surface area contributed by atoms with E-state index in [1.54, 1.807) is 18.2 Å². The molecule has 0 bridgehead atoms. The summed E-state index contributed by atoms with van der Waals surface area (Å²) in [6, 6.07) is 4.62. The highest BCUT2D eigenvalue weighted by Gasteiger charge is 2.37. The fraction of sp³-hybridized carbons (Fsp3) is 0.333. The Bertz CT molecular complexity index is 950. The van der Waals surface area contributed by atoms with Gasteiger partial charge in [0.2, 0.25) is 5.91 Å². The number of aliphatic carboxylic acids is 1. The number of alkyl halides is 6. The van der Waals surface area contributed by atoms with Crippen LogP contribution in [0.3, 0.4) is 0 Å². The van der Waals surface area contributed by atoms with Crippen LogP contribution in [0, 0.1) is 13.8 Å². The van der Waals surface area contributed by atoms with E-state index in [9.17, 15) is 41.0 Å². The third-order valence-electron chi connectivity index (χ3n) is 4.66. The standard InChI is InChI=1S/C21H19F6NO3/c1-11-3-4-13(5-12(11)2)8-17(19(30)31)28-18(29)9-14-6-15(20(22,23)24)10-16(7-14)21(25,26)27/h3-7,10,17H,8-9H2,1-2H3,(H,28,29)(H,30,31)/t17-/m1/s1. The average Bonchev–Trinajstić information content (AvgIpc) is 2.62. The first-order valence-corrected chi connectivity index (χ1v) is 9.03. The number of nitrogens with one attached hydrogen (secondary N) is 1. The second-order valence-electron chi connectivity index (χ2n) is 7.17. The second kappa shape index (κ2) is 8.99. The van der Waals surface area contributed by atoms with E-state index in [2.05, 4.69) is 5.32 Å². The molecule has 0 spiro atoms. The summed E-state index contributed by atoms with van der Waals surface area (Å²) in [4.78, 5) is 23.7. The summed E-state index contributed by atoms with van der Waals surface area (Å²) >= 11 is 0. The Hall–Kier alpha value is -3.04. The second-order valence-corrected chi connectivity index (χ2v) is 7.17. The van der Waals surface area contributed by atoms with Gasteiger partial charge >= 0.3 is 18.3 Å². The molecule has 2 aromatic rings. The van der Waals surface area contributed by atoms with Gasteiger partial charge in [-0.25, -0.2) is 4.79 Å². The summed E-state index contributed by atoms with van der Waals surface area (Å²) in [5.41, 5.74) is -1.14. The van der Waals surface area contributed by atoms with Gasteiger partial charge in [0.15, 0.2) is 0 Å². The minimum Gasteiger partial charge on any atom is -0.480 e. The molecule has 0 aromatic heterocycles. The quantitative estimate of drug-likeness (QED) is 0.632. The van der Waals surface area contributed by atoms with Gasteiger partial charge in [0.05, 0.1) is 17.5 Å². The number of carbonyl (C=O) groups is 2. The lowest BCUT2D eigenvalue weighted by Crippen LogP contribution is -2.43. The molecule has 0 radical (unpaired) electrons. The van der Waals surface area contributed by atoms with Gasteiger partial charge in [-0.2, -0.15) is 26.3 Å². The maximum absolute atomic E-state index is 12.9. The van der Waals surface area contributed by atoms with Crippen molar-refractivity contribution >= 4 is 11.9 Å². The van der Waals surface area contributed by atoms with Crippen LogP contribution in [-0.2, 0) is 34.8 Å². The molecule has 2 aromatic carbocycles. The van der Waals surface area contributed by atoms with E-state index < -0.39 is 53.4 Å². The fourth-order valence-electron chi connectivity index (χ4n) is 2.92. The topological polar surface area (TPSA) is 66.4 Å². The number of rotatable bonds is 6. The van der Waals surface area contributed by atoms with E-state index in [1.165, 1.54) is 0 Å². The number of hydrogen-bond donors (Lipinski definition) is 2. The van der Waals surface area contributed by atoms with Crippen LogP contribution in [0.15, 0.2) is 36.4 Å². The molecule has 0 saturated carbocycles.